The van der Waals surface area contributed by atoms with Crippen LogP contribution < -0.4 is 11.1 Å². The van der Waals surface area contributed by atoms with Crippen LogP contribution in [-0.4, -0.2) is 28.5 Å². The highest BCUT2D eigenvalue weighted by atomic mass is 32.2. The Morgan fingerprint density at radius 1 is 1.32 bits per heavy atom. The van der Waals surface area contributed by atoms with Crippen molar-refractivity contribution in [1.82, 2.24) is 9.97 Å². The molecular weight excluding hydrogens is 276 g/mol. The lowest BCUT2D eigenvalue weighted by atomic mass is 10.2. The monoisotopic (exact) mass is 296 g/mol. The zero-order valence-corrected chi connectivity index (χ0v) is 13.0. The second-order valence-electron chi connectivity index (χ2n) is 4.49. The number of nitrogen functional groups attached to an aromatic ring is 1. The minimum absolute atomic E-state index is 0.347. The Balaban J connectivity index is 1.96. The number of nitrogens with zero attached hydrogens (tertiary/aromatic N) is 2. The standard InChI is InChI=1S/C13H20N4S2/c1-9-8-10-11(15-6-4-3-5-7-18-2)16-13(14)17-12(10)19-9/h8H,3-7H2,1-2H3,(H3,14,15,16,17). The summed E-state index contributed by atoms with van der Waals surface area (Å²) in [5.74, 6) is 2.46. The van der Waals surface area contributed by atoms with E-state index in [0.717, 1.165) is 29.0 Å². The van der Waals surface area contributed by atoms with Gasteiger partial charge in [-0.25, -0.2) is 4.98 Å². The number of thiophene rings is 1. The van der Waals surface area contributed by atoms with Crippen molar-refractivity contribution in [2.75, 3.05) is 29.6 Å². The fourth-order valence-corrected chi connectivity index (χ4v) is 3.33. The van der Waals surface area contributed by atoms with Crippen LogP contribution in [0.5, 0.6) is 0 Å². The van der Waals surface area contributed by atoms with Crippen LogP contribution in [0.25, 0.3) is 10.2 Å². The molecule has 19 heavy (non-hydrogen) atoms. The zero-order chi connectivity index (χ0) is 13.7. The lowest BCUT2D eigenvalue weighted by Crippen LogP contribution is -2.06. The van der Waals surface area contributed by atoms with E-state index in [4.69, 9.17) is 5.73 Å². The summed E-state index contributed by atoms with van der Waals surface area (Å²) in [5.41, 5.74) is 5.75. The van der Waals surface area contributed by atoms with Gasteiger partial charge >= 0.3 is 0 Å². The molecular formula is C13H20N4S2. The Labute approximate surface area is 122 Å². The van der Waals surface area contributed by atoms with Gasteiger partial charge in [0.15, 0.2) is 0 Å². The Bertz CT molecular complexity index is 539. The van der Waals surface area contributed by atoms with Crippen molar-refractivity contribution in [1.29, 1.82) is 0 Å². The van der Waals surface area contributed by atoms with E-state index < -0.39 is 0 Å². The lowest BCUT2D eigenvalue weighted by molar-refractivity contribution is 0.748. The molecule has 3 N–H and O–H groups in total. The maximum absolute atomic E-state index is 5.75. The Hall–Kier alpha value is -1.01. The van der Waals surface area contributed by atoms with Crippen molar-refractivity contribution in [3.63, 3.8) is 0 Å². The third-order valence-electron chi connectivity index (χ3n) is 2.85. The Morgan fingerprint density at radius 2 is 2.16 bits per heavy atom. The first-order chi connectivity index (χ1) is 9.20. The first-order valence-corrected chi connectivity index (χ1v) is 8.68. The molecule has 0 aliphatic heterocycles. The highest BCUT2D eigenvalue weighted by Crippen LogP contribution is 2.28. The van der Waals surface area contributed by atoms with E-state index in [1.54, 1.807) is 11.3 Å². The molecule has 2 aromatic rings. The van der Waals surface area contributed by atoms with Gasteiger partial charge in [-0.05, 0) is 37.8 Å². The molecule has 0 bridgehead atoms. The van der Waals surface area contributed by atoms with Crippen molar-refractivity contribution in [3.05, 3.63) is 10.9 Å². The molecule has 104 valence electrons. The van der Waals surface area contributed by atoms with Gasteiger partial charge in [0.25, 0.3) is 0 Å². The van der Waals surface area contributed by atoms with Crippen molar-refractivity contribution < 1.29 is 0 Å². The minimum Gasteiger partial charge on any atom is -0.369 e. The van der Waals surface area contributed by atoms with Gasteiger partial charge in [-0.15, -0.1) is 11.3 Å². The number of nitrogens with two attached hydrogens (primary N) is 1. The number of unbranched alkanes of at least 4 members (excludes halogenated alkanes) is 2. The average molecular weight is 296 g/mol. The normalized spacial score (nSPS) is 11.1. The summed E-state index contributed by atoms with van der Waals surface area (Å²) >= 11 is 3.56. The van der Waals surface area contributed by atoms with E-state index in [-0.39, 0.29) is 0 Å². The molecule has 0 fully saturated rings. The molecule has 0 aliphatic carbocycles. The number of anilines is 2. The molecule has 2 heterocycles. The Morgan fingerprint density at radius 3 is 2.95 bits per heavy atom. The van der Waals surface area contributed by atoms with E-state index in [1.165, 1.54) is 23.5 Å². The quantitative estimate of drug-likeness (QED) is 0.765. The zero-order valence-electron chi connectivity index (χ0n) is 11.4. The molecule has 2 aromatic heterocycles. The summed E-state index contributed by atoms with van der Waals surface area (Å²) in [6.45, 7) is 3.02. The van der Waals surface area contributed by atoms with Crippen molar-refractivity contribution in [2.24, 2.45) is 0 Å². The maximum atomic E-state index is 5.75. The topological polar surface area (TPSA) is 63.8 Å². The van der Waals surface area contributed by atoms with Crippen LogP contribution in [0.15, 0.2) is 6.07 Å². The highest BCUT2D eigenvalue weighted by Gasteiger charge is 2.08. The van der Waals surface area contributed by atoms with Gasteiger partial charge in [0.05, 0.1) is 5.39 Å². The minimum atomic E-state index is 0.347. The molecule has 0 unspecified atom stereocenters. The second-order valence-corrected chi connectivity index (χ2v) is 6.71. The number of hydrogen-bond acceptors (Lipinski definition) is 6. The van der Waals surface area contributed by atoms with E-state index in [2.05, 4.69) is 34.5 Å². The number of rotatable bonds is 7. The summed E-state index contributed by atoms with van der Waals surface area (Å²) in [4.78, 5) is 10.8. The van der Waals surface area contributed by atoms with Gasteiger partial charge in [-0.1, -0.05) is 6.42 Å². The third kappa shape index (κ3) is 3.98. The van der Waals surface area contributed by atoms with E-state index >= 15 is 0 Å². The van der Waals surface area contributed by atoms with Gasteiger partial charge in [0.2, 0.25) is 5.95 Å². The summed E-state index contributed by atoms with van der Waals surface area (Å²) in [6, 6.07) is 2.12. The number of nitrogens with one attached hydrogen (secondary N) is 1. The lowest BCUT2D eigenvalue weighted by Gasteiger charge is -2.07. The first kappa shape index (κ1) is 14.4. The first-order valence-electron chi connectivity index (χ1n) is 6.47. The molecule has 6 heteroatoms. The molecule has 4 nitrogen and oxygen atoms in total. The molecule has 0 radical (unpaired) electrons. The molecule has 0 aromatic carbocycles. The second kappa shape index (κ2) is 6.96. The van der Waals surface area contributed by atoms with Crippen LogP contribution in [0.1, 0.15) is 24.1 Å². The number of hydrogen-bond donors (Lipinski definition) is 2. The van der Waals surface area contributed by atoms with Gasteiger partial charge in [0, 0.05) is 11.4 Å². The SMILES string of the molecule is CSCCCCCNc1nc(N)nc2sc(C)cc12. The largest absolute Gasteiger partial charge is 0.369 e. The van der Waals surface area contributed by atoms with Crippen LogP contribution in [0, 0.1) is 6.92 Å². The maximum Gasteiger partial charge on any atom is 0.223 e. The van der Waals surface area contributed by atoms with E-state index in [1.807, 2.05) is 11.8 Å². The summed E-state index contributed by atoms with van der Waals surface area (Å²) in [6.07, 6.45) is 5.84. The molecule has 0 atom stereocenters. The van der Waals surface area contributed by atoms with Gasteiger partial charge < -0.3 is 11.1 Å². The van der Waals surface area contributed by atoms with Crippen LogP contribution in [-0.2, 0) is 0 Å². The van der Waals surface area contributed by atoms with Crippen molar-refractivity contribution in [3.8, 4) is 0 Å². The van der Waals surface area contributed by atoms with Gasteiger partial charge in [-0.3, -0.25) is 0 Å². The number of aryl methyl sites for hydroxylation is 1. The van der Waals surface area contributed by atoms with Gasteiger partial charge in [0.1, 0.15) is 10.6 Å². The molecule has 0 spiro atoms. The fraction of sp³-hybridized carbons (Fsp3) is 0.538. The number of aromatic nitrogens is 2. The molecule has 2 rings (SSSR count). The predicted molar refractivity (Wildman–Crippen MR) is 87.3 cm³/mol. The van der Waals surface area contributed by atoms with Crippen LogP contribution in [0.2, 0.25) is 0 Å². The molecule has 0 aliphatic rings. The molecule has 0 saturated heterocycles. The van der Waals surface area contributed by atoms with E-state index in [0.29, 0.717) is 5.95 Å². The van der Waals surface area contributed by atoms with E-state index in [9.17, 15) is 0 Å². The van der Waals surface area contributed by atoms with Crippen LogP contribution in [0.4, 0.5) is 11.8 Å². The molecule has 0 amide bonds. The number of fused-ring (bicyclic) bond motifs is 1. The number of thioether (sulfide) groups is 1. The average Bonchev–Trinajstić information content (AvgIpc) is 2.73. The molecule has 0 saturated carbocycles. The van der Waals surface area contributed by atoms with Crippen LogP contribution in [0.3, 0.4) is 0 Å². The van der Waals surface area contributed by atoms with Crippen molar-refractivity contribution >= 4 is 45.1 Å². The Kier molecular flexibility index (Phi) is 5.27. The van der Waals surface area contributed by atoms with Crippen molar-refractivity contribution in [2.45, 2.75) is 26.2 Å². The van der Waals surface area contributed by atoms with Crippen LogP contribution >= 0.6 is 23.1 Å². The fourth-order valence-electron chi connectivity index (χ4n) is 1.95. The smallest absolute Gasteiger partial charge is 0.223 e. The highest BCUT2D eigenvalue weighted by molar-refractivity contribution is 7.98. The summed E-state index contributed by atoms with van der Waals surface area (Å²) < 4.78 is 0. The predicted octanol–water partition coefficient (Wildman–Crippen LogP) is 3.53. The van der Waals surface area contributed by atoms with Gasteiger partial charge in [-0.2, -0.15) is 16.7 Å². The summed E-state index contributed by atoms with van der Waals surface area (Å²) in [7, 11) is 0. The third-order valence-corrected chi connectivity index (χ3v) is 4.49. The summed E-state index contributed by atoms with van der Waals surface area (Å²) in [5, 5.41) is 4.47.